The normalized spacial score (nSPS) is 24.5. The maximum absolute atomic E-state index is 6.28. The Morgan fingerprint density at radius 3 is 2.85 bits per heavy atom. The summed E-state index contributed by atoms with van der Waals surface area (Å²) in [6.07, 6.45) is 1.04. The highest BCUT2D eigenvalue weighted by atomic mass is 79.9. The van der Waals surface area contributed by atoms with Gasteiger partial charge >= 0.3 is 0 Å². The largest absolute Gasteiger partial charge is 0.118 e. The Morgan fingerprint density at radius 2 is 2.15 bits per heavy atom. The maximum atomic E-state index is 6.28. The number of fused-ring (bicyclic) bond motifs is 1. The van der Waals surface area contributed by atoms with Gasteiger partial charge in [-0.3, -0.25) is 0 Å². The summed E-state index contributed by atoms with van der Waals surface area (Å²) in [6.45, 7) is 4.50. The average molecular weight is 260 g/mol. The molecule has 0 spiro atoms. The van der Waals surface area contributed by atoms with Gasteiger partial charge in [-0.1, -0.05) is 35.8 Å². The molecular formula is C11H12BrCl. The summed E-state index contributed by atoms with van der Waals surface area (Å²) in [5.41, 5.74) is 2.93. The molecule has 1 atom stereocenters. The summed E-state index contributed by atoms with van der Waals surface area (Å²) in [4.78, 5) is 0. The molecule has 70 valence electrons. The molecule has 0 bridgehead atoms. The van der Waals surface area contributed by atoms with Crippen molar-refractivity contribution in [2.45, 2.75) is 31.1 Å². The van der Waals surface area contributed by atoms with E-state index in [-0.39, 0.29) is 10.8 Å². The van der Waals surface area contributed by atoms with Crippen molar-refractivity contribution in [1.82, 2.24) is 0 Å². The molecule has 0 amide bonds. The minimum atomic E-state index is 0.183. The van der Waals surface area contributed by atoms with Crippen molar-refractivity contribution in [2.75, 3.05) is 0 Å². The van der Waals surface area contributed by atoms with E-state index in [0.29, 0.717) is 0 Å². The maximum Gasteiger partial charge on any atom is 0.0596 e. The lowest BCUT2D eigenvalue weighted by Crippen LogP contribution is -2.11. The van der Waals surface area contributed by atoms with E-state index in [4.69, 9.17) is 11.6 Å². The third kappa shape index (κ3) is 1.53. The number of alkyl halides is 1. The van der Waals surface area contributed by atoms with Crippen molar-refractivity contribution >= 4 is 27.5 Å². The van der Waals surface area contributed by atoms with E-state index in [2.05, 4.69) is 48.0 Å². The van der Waals surface area contributed by atoms with Crippen molar-refractivity contribution < 1.29 is 0 Å². The van der Waals surface area contributed by atoms with E-state index in [1.807, 2.05) is 0 Å². The summed E-state index contributed by atoms with van der Waals surface area (Å²) in [7, 11) is 0. The molecule has 1 aromatic rings. The fourth-order valence-electron chi connectivity index (χ4n) is 2.08. The van der Waals surface area contributed by atoms with Gasteiger partial charge in [0.25, 0.3) is 0 Å². The van der Waals surface area contributed by atoms with Crippen LogP contribution in [-0.4, -0.2) is 0 Å². The van der Waals surface area contributed by atoms with Gasteiger partial charge in [0.1, 0.15) is 0 Å². The molecule has 0 fully saturated rings. The van der Waals surface area contributed by atoms with Crippen LogP contribution in [0.15, 0.2) is 22.7 Å². The predicted molar refractivity (Wildman–Crippen MR) is 60.4 cm³/mol. The van der Waals surface area contributed by atoms with Crippen LogP contribution >= 0.6 is 27.5 Å². The molecule has 2 heteroatoms. The molecule has 2 rings (SSSR count). The average Bonchev–Trinajstić information content (AvgIpc) is 2.22. The smallest absolute Gasteiger partial charge is 0.0596 e. The van der Waals surface area contributed by atoms with Gasteiger partial charge in [-0.15, -0.1) is 11.6 Å². The molecule has 0 nitrogen and oxygen atoms in total. The van der Waals surface area contributed by atoms with Crippen molar-refractivity contribution in [3.8, 4) is 0 Å². The first kappa shape index (κ1) is 9.54. The fraction of sp³-hybridized carbons (Fsp3) is 0.455. The summed E-state index contributed by atoms with van der Waals surface area (Å²) < 4.78 is 1.12. The first-order valence-corrected chi connectivity index (χ1v) is 5.68. The van der Waals surface area contributed by atoms with Crippen LogP contribution in [0.2, 0.25) is 0 Å². The van der Waals surface area contributed by atoms with Gasteiger partial charge in [0.05, 0.1) is 5.38 Å². The highest BCUT2D eigenvalue weighted by molar-refractivity contribution is 9.10. The first-order valence-electron chi connectivity index (χ1n) is 4.45. The Morgan fingerprint density at radius 1 is 1.46 bits per heavy atom. The SMILES string of the molecule is CC1(C)CC(Cl)c2cc(Br)ccc21. The van der Waals surface area contributed by atoms with Crippen LogP contribution in [0.25, 0.3) is 0 Å². The zero-order valence-electron chi connectivity index (χ0n) is 7.77. The molecule has 0 saturated carbocycles. The molecule has 0 aliphatic heterocycles. The number of rotatable bonds is 0. The topological polar surface area (TPSA) is 0 Å². The second kappa shape index (κ2) is 2.99. The van der Waals surface area contributed by atoms with Gasteiger partial charge < -0.3 is 0 Å². The van der Waals surface area contributed by atoms with Gasteiger partial charge in [0.2, 0.25) is 0 Å². The molecule has 1 aromatic carbocycles. The minimum absolute atomic E-state index is 0.183. The number of benzene rings is 1. The zero-order valence-corrected chi connectivity index (χ0v) is 10.1. The Labute approximate surface area is 92.4 Å². The van der Waals surface area contributed by atoms with Crippen LogP contribution < -0.4 is 0 Å². The minimum Gasteiger partial charge on any atom is -0.118 e. The van der Waals surface area contributed by atoms with Crippen LogP contribution in [0.5, 0.6) is 0 Å². The Kier molecular flexibility index (Phi) is 2.20. The summed E-state index contributed by atoms with van der Waals surface area (Å²) >= 11 is 9.75. The standard InChI is InChI=1S/C11H12BrCl/c1-11(2)6-10(13)8-5-7(12)3-4-9(8)11/h3-5,10H,6H2,1-2H3. The van der Waals surface area contributed by atoms with Crippen molar-refractivity contribution in [1.29, 1.82) is 0 Å². The predicted octanol–water partition coefficient (Wildman–Crippen LogP) is 4.41. The lowest BCUT2D eigenvalue weighted by atomic mass is 9.87. The lowest BCUT2D eigenvalue weighted by Gasteiger charge is -2.18. The Hall–Kier alpha value is -0.0100. The zero-order chi connectivity index (χ0) is 9.64. The van der Waals surface area contributed by atoms with Gasteiger partial charge in [0.15, 0.2) is 0 Å². The number of halogens is 2. The van der Waals surface area contributed by atoms with E-state index >= 15 is 0 Å². The molecule has 0 radical (unpaired) electrons. The molecule has 0 N–H and O–H groups in total. The molecule has 1 unspecified atom stereocenters. The van der Waals surface area contributed by atoms with E-state index < -0.39 is 0 Å². The summed E-state index contributed by atoms with van der Waals surface area (Å²) in [6, 6.07) is 6.42. The van der Waals surface area contributed by atoms with Crippen LogP contribution in [0.3, 0.4) is 0 Å². The van der Waals surface area contributed by atoms with Gasteiger partial charge in [0, 0.05) is 4.47 Å². The van der Waals surface area contributed by atoms with Crippen LogP contribution in [0.4, 0.5) is 0 Å². The summed E-state index contributed by atoms with van der Waals surface area (Å²) in [5, 5.41) is 0.183. The third-order valence-corrected chi connectivity index (χ3v) is 3.65. The fourth-order valence-corrected chi connectivity index (χ4v) is 3.02. The molecule has 0 aromatic heterocycles. The van der Waals surface area contributed by atoms with Gasteiger partial charge in [-0.05, 0) is 35.1 Å². The number of hydrogen-bond acceptors (Lipinski definition) is 0. The molecular weight excluding hydrogens is 247 g/mol. The Balaban J connectivity index is 2.59. The molecule has 0 saturated heterocycles. The first-order chi connectivity index (χ1) is 6.00. The molecule has 1 aliphatic carbocycles. The van der Waals surface area contributed by atoms with Crippen LogP contribution in [-0.2, 0) is 5.41 Å². The Bertz CT molecular complexity index is 344. The summed E-state index contributed by atoms with van der Waals surface area (Å²) in [5.74, 6) is 0. The quantitative estimate of drug-likeness (QED) is 0.606. The highest BCUT2D eigenvalue weighted by Gasteiger charge is 2.35. The second-order valence-corrected chi connectivity index (χ2v) is 5.73. The molecule has 0 heterocycles. The van der Waals surface area contributed by atoms with Crippen LogP contribution in [0, 0.1) is 0 Å². The second-order valence-electron chi connectivity index (χ2n) is 4.29. The van der Waals surface area contributed by atoms with Crippen molar-refractivity contribution in [2.24, 2.45) is 0 Å². The van der Waals surface area contributed by atoms with Crippen molar-refractivity contribution in [3.63, 3.8) is 0 Å². The molecule has 1 aliphatic rings. The van der Waals surface area contributed by atoms with Crippen LogP contribution in [0.1, 0.15) is 36.8 Å². The van der Waals surface area contributed by atoms with E-state index in [0.717, 1.165) is 10.9 Å². The lowest BCUT2D eigenvalue weighted by molar-refractivity contribution is 0.516. The van der Waals surface area contributed by atoms with Gasteiger partial charge in [-0.2, -0.15) is 0 Å². The van der Waals surface area contributed by atoms with E-state index in [1.54, 1.807) is 0 Å². The molecule has 13 heavy (non-hydrogen) atoms. The highest BCUT2D eigenvalue weighted by Crippen LogP contribution is 2.48. The van der Waals surface area contributed by atoms with E-state index in [1.165, 1.54) is 11.1 Å². The number of hydrogen-bond donors (Lipinski definition) is 0. The van der Waals surface area contributed by atoms with E-state index in [9.17, 15) is 0 Å². The van der Waals surface area contributed by atoms with Gasteiger partial charge in [-0.25, -0.2) is 0 Å². The third-order valence-electron chi connectivity index (χ3n) is 2.77. The monoisotopic (exact) mass is 258 g/mol. The van der Waals surface area contributed by atoms with Crippen molar-refractivity contribution in [3.05, 3.63) is 33.8 Å².